The van der Waals surface area contributed by atoms with Gasteiger partial charge in [-0.1, -0.05) is 0 Å². The minimum Gasteiger partial charge on any atom is -0.429 e. The first-order valence-corrected chi connectivity index (χ1v) is 4.58. The second-order valence-electron chi connectivity index (χ2n) is 4.41. The monoisotopic (exact) mass is 205 g/mol. The summed E-state index contributed by atoms with van der Waals surface area (Å²) < 4.78 is 4.47. The zero-order chi connectivity index (χ0) is 12.0. The van der Waals surface area contributed by atoms with Crippen LogP contribution >= 0.6 is 0 Å². The smallest absolute Gasteiger partial charge is 0.429 e. The van der Waals surface area contributed by atoms with Crippen molar-refractivity contribution in [3.8, 4) is 0 Å². The van der Waals surface area contributed by atoms with Gasteiger partial charge in [0.1, 0.15) is 0 Å². The van der Waals surface area contributed by atoms with Crippen molar-refractivity contribution in [3.05, 3.63) is 0 Å². The maximum atomic E-state index is 9.10. The third kappa shape index (κ3) is 9.99. The molecule has 1 radical (unpaired) electrons. The van der Waals surface area contributed by atoms with Gasteiger partial charge in [-0.05, 0) is 41.5 Å². The molecule has 0 bridgehead atoms. The predicted octanol–water partition coefficient (Wildman–Crippen LogP) is 0.466. The summed E-state index contributed by atoms with van der Waals surface area (Å²) in [5.74, 6) is 0. The molecule has 14 heavy (non-hydrogen) atoms. The second-order valence-corrected chi connectivity index (χ2v) is 4.41. The lowest BCUT2D eigenvalue weighted by molar-refractivity contribution is -0.107. The Bertz CT molecular complexity index is 123. The predicted molar refractivity (Wildman–Crippen MR) is 56.8 cm³/mol. The topological polar surface area (TPSA) is 69.9 Å². The van der Waals surface area contributed by atoms with E-state index in [0.29, 0.717) is 7.69 Å². The van der Waals surface area contributed by atoms with Crippen LogP contribution in [-0.4, -0.2) is 40.2 Å². The van der Waals surface area contributed by atoms with Gasteiger partial charge in [-0.15, -0.1) is 0 Å². The van der Waals surface area contributed by atoms with Gasteiger partial charge < -0.3 is 19.9 Å². The highest BCUT2D eigenvalue weighted by molar-refractivity contribution is 6.15. The van der Waals surface area contributed by atoms with Crippen LogP contribution in [0.4, 0.5) is 0 Å². The van der Waals surface area contributed by atoms with Crippen LogP contribution in [0.5, 0.6) is 0 Å². The van der Waals surface area contributed by atoms with Crippen LogP contribution in [0.1, 0.15) is 41.5 Å². The van der Waals surface area contributed by atoms with E-state index < -0.39 is 11.2 Å². The molecule has 0 saturated heterocycles. The van der Waals surface area contributed by atoms with Gasteiger partial charge in [0.05, 0.1) is 11.2 Å². The lowest BCUT2D eigenvalue weighted by Gasteiger charge is -2.31. The summed E-state index contributed by atoms with van der Waals surface area (Å²) in [5.41, 5.74) is -2.01. The van der Waals surface area contributed by atoms with Crippen LogP contribution in [0.25, 0.3) is 0 Å². The molecule has 0 aromatic heterocycles. The largest absolute Gasteiger partial charge is 0.485 e. The highest BCUT2D eigenvalue weighted by Gasteiger charge is 2.31. The van der Waals surface area contributed by atoms with Crippen molar-refractivity contribution in [3.63, 3.8) is 0 Å². The lowest BCUT2D eigenvalue weighted by Crippen LogP contribution is -2.44. The molecule has 4 nitrogen and oxygen atoms in total. The Hall–Kier alpha value is -0.0951. The maximum absolute atomic E-state index is 9.10. The first kappa shape index (κ1) is 16.3. The van der Waals surface area contributed by atoms with Crippen molar-refractivity contribution in [1.82, 2.24) is 0 Å². The fraction of sp³-hybridized carbons (Fsp3) is 1.00. The van der Waals surface area contributed by atoms with Crippen molar-refractivity contribution < 1.29 is 19.9 Å². The van der Waals surface area contributed by atoms with Crippen LogP contribution in [0.3, 0.4) is 0 Å². The van der Waals surface area contributed by atoms with E-state index in [9.17, 15) is 0 Å². The van der Waals surface area contributed by atoms with Gasteiger partial charge >= 0.3 is 7.69 Å². The molecular formula is C9H22BO4. The summed E-state index contributed by atoms with van der Waals surface area (Å²) in [6.45, 7) is 9.99. The quantitative estimate of drug-likeness (QED) is 0.585. The number of aliphatic hydroxyl groups is 2. The molecule has 0 rings (SSSR count). The van der Waals surface area contributed by atoms with Gasteiger partial charge in [0.2, 0.25) is 0 Å². The van der Waals surface area contributed by atoms with Crippen LogP contribution in [0.15, 0.2) is 0 Å². The average Bonchev–Trinajstić information content (AvgIpc) is 1.82. The van der Waals surface area contributed by atoms with E-state index in [2.05, 4.69) is 4.65 Å². The van der Waals surface area contributed by atoms with Crippen molar-refractivity contribution in [1.29, 1.82) is 0 Å². The van der Waals surface area contributed by atoms with E-state index in [-0.39, 0.29) is 6.10 Å². The van der Waals surface area contributed by atoms with Crippen molar-refractivity contribution in [2.75, 3.05) is 0 Å². The molecule has 0 saturated carbocycles. The molecule has 0 atom stereocenters. The molecule has 3 N–H and O–H groups in total. The van der Waals surface area contributed by atoms with Crippen molar-refractivity contribution in [2.45, 2.75) is 58.8 Å². The minimum absolute atomic E-state index is 0.0926. The molecule has 0 aliphatic heterocycles. The molecule has 0 amide bonds. The van der Waals surface area contributed by atoms with Gasteiger partial charge in [-0.25, -0.2) is 0 Å². The zero-order valence-electron chi connectivity index (χ0n) is 9.90. The Kier molecular flexibility index (Phi) is 7.47. The van der Waals surface area contributed by atoms with E-state index in [1.54, 1.807) is 27.7 Å². The number of rotatable bonds is 3. The third-order valence-electron chi connectivity index (χ3n) is 1.83. The summed E-state index contributed by atoms with van der Waals surface area (Å²) in [4.78, 5) is 0. The van der Waals surface area contributed by atoms with E-state index in [1.807, 2.05) is 13.8 Å². The molecule has 5 heteroatoms. The van der Waals surface area contributed by atoms with Gasteiger partial charge in [0.15, 0.2) is 0 Å². The second kappa shape index (κ2) is 6.40. The van der Waals surface area contributed by atoms with E-state index in [1.165, 1.54) is 0 Å². The van der Waals surface area contributed by atoms with E-state index in [4.69, 9.17) is 15.2 Å². The summed E-state index contributed by atoms with van der Waals surface area (Å²) in [7, 11) is 0.699. The summed E-state index contributed by atoms with van der Waals surface area (Å²) >= 11 is 0. The van der Waals surface area contributed by atoms with E-state index >= 15 is 0 Å². The maximum Gasteiger partial charge on any atom is 0.485 e. The molecule has 0 aliphatic rings. The summed E-state index contributed by atoms with van der Waals surface area (Å²) in [6, 6.07) is 0. The highest BCUT2D eigenvalue weighted by atomic mass is 16.5. The first-order chi connectivity index (χ1) is 6.02. The molecular weight excluding hydrogens is 183 g/mol. The molecule has 85 valence electrons. The average molecular weight is 205 g/mol. The Balaban J connectivity index is 0. The summed E-state index contributed by atoms with van der Waals surface area (Å²) in [6.07, 6.45) is 0.0926. The molecule has 0 spiro atoms. The number of hydrogen-bond acceptors (Lipinski definition) is 4. The molecule has 0 unspecified atom stereocenters. The van der Waals surface area contributed by atoms with Crippen LogP contribution < -0.4 is 0 Å². The van der Waals surface area contributed by atoms with Crippen LogP contribution in [0.2, 0.25) is 0 Å². The minimum atomic E-state index is -1.01. The van der Waals surface area contributed by atoms with Crippen LogP contribution in [0, 0.1) is 0 Å². The highest BCUT2D eigenvalue weighted by Crippen LogP contribution is 2.19. The van der Waals surface area contributed by atoms with Gasteiger partial charge in [-0.2, -0.15) is 0 Å². The van der Waals surface area contributed by atoms with Crippen LogP contribution in [-0.2, 0) is 4.65 Å². The molecule has 0 aromatic rings. The van der Waals surface area contributed by atoms with Gasteiger partial charge in [0, 0.05) is 6.10 Å². The van der Waals surface area contributed by atoms with E-state index in [0.717, 1.165) is 0 Å². The third-order valence-corrected chi connectivity index (χ3v) is 1.83. The molecule has 0 aliphatic carbocycles. The Morgan fingerprint density at radius 1 is 1.00 bits per heavy atom. The van der Waals surface area contributed by atoms with Crippen molar-refractivity contribution >= 4 is 7.69 Å². The SMILES string of the molecule is CC(C)(O)C(C)(C)O.CC(C)O[B]O. The molecule has 0 fully saturated rings. The Labute approximate surface area is 87.2 Å². The van der Waals surface area contributed by atoms with Gasteiger partial charge in [-0.3, -0.25) is 0 Å². The number of hydrogen-bond donors (Lipinski definition) is 3. The molecule has 0 aromatic carbocycles. The normalized spacial score (nSPS) is 12.1. The molecule has 0 heterocycles. The van der Waals surface area contributed by atoms with Gasteiger partial charge in [0.25, 0.3) is 0 Å². The fourth-order valence-corrected chi connectivity index (χ4v) is 0.122. The summed E-state index contributed by atoms with van der Waals surface area (Å²) in [5, 5.41) is 26.1. The first-order valence-electron chi connectivity index (χ1n) is 4.58. The standard InChI is InChI=1S/C6H14O2.C3H8BO2/c1-5(2,7)6(3,4)8;1-3(2)6-4-5/h7-8H,1-4H3;3,5H,1-2H3. The fourth-order valence-electron chi connectivity index (χ4n) is 0.122. The van der Waals surface area contributed by atoms with Crippen molar-refractivity contribution in [2.24, 2.45) is 0 Å². The lowest BCUT2D eigenvalue weighted by atomic mass is 9.90. The Morgan fingerprint density at radius 2 is 1.29 bits per heavy atom. The Morgan fingerprint density at radius 3 is 1.29 bits per heavy atom. The zero-order valence-corrected chi connectivity index (χ0v) is 9.90.